The highest BCUT2D eigenvalue weighted by Gasteiger charge is 2.31. The number of piperidine rings is 1. The van der Waals surface area contributed by atoms with Crippen molar-refractivity contribution in [2.75, 3.05) is 19.8 Å². The van der Waals surface area contributed by atoms with E-state index in [1.54, 1.807) is 0 Å². The van der Waals surface area contributed by atoms with Crippen LogP contribution >= 0.6 is 0 Å². The van der Waals surface area contributed by atoms with E-state index in [0.29, 0.717) is 6.42 Å². The van der Waals surface area contributed by atoms with Crippen LogP contribution in [0.1, 0.15) is 39.0 Å². The predicted molar refractivity (Wildman–Crippen MR) is 68.4 cm³/mol. The summed E-state index contributed by atoms with van der Waals surface area (Å²) < 4.78 is 5.45. The van der Waals surface area contributed by atoms with Gasteiger partial charge < -0.3 is 20.1 Å². The van der Waals surface area contributed by atoms with Gasteiger partial charge in [-0.1, -0.05) is 0 Å². The third kappa shape index (κ3) is 3.14. The molecule has 0 aromatic carbocycles. The molecule has 0 aromatic rings. The quantitative estimate of drug-likeness (QED) is 0.795. The molecule has 104 valence electrons. The Morgan fingerprint density at radius 2 is 2.28 bits per heavy atom. The Kier molecular flexibility index (Phi) is 4.83. The molecule has 5 heteroatoms. The number of aliphatic hydroxyl groups is 1. The van der Waals surface area contributed by atoms with Crippen LogP contribution in [0.5, 0.6) is 0 Å². The minimum atomic E-state index is 0.00972. The van der Waals surface area contributed by atoms with E-state index in [1.165, 1.54) is 0 Å². The van der Waals surface area contributed by atoms with Gasteiger partial charge in [-0.25, -0.2) is 4.79 Å². The molecule has 2 fully saturated rings. The van der Waals surface area contributed by atoms with Gasteiger partial charge in [-0.05, 0) is 39.0 Å². The van der Waals surface area contributed by atoms with Gasteiger partial charge in [-0.15, -0.1) is 0 Å². The van der Waals surface area contributed by atoms with E-state index in [1.807, 2.05) is 11.8 Å². The minimum Gasteiger partial charge on any atom is -0.396 e. The van der Waals surface area contributed by atoms with Crippen LogP contribution in [0.2, 0.25) is 0 Å². The molecule has 2 amide bonds. The van der Waals surface area contributed by atoms with Gasteiger partial charge in [0.25, 0.3) is 0 Å². The number of nitrogens with zero attached hydrogens (tertiary/aromatic N) is 1. The van der Waals surface area contributed by atoms with Crippen LogP contribution in [0.15, 0.2) is 0 Å². The molecule has 0 spiro atoms. The van der Waals surface area contributed by atoms with Crippen LogP contribution in [-0.2, 0) is 4.74 Å². The van der Waals surface area contributed by atoms with Gasteiger partial charge in [0.15, 0.2) is 0 Å². The lowest BCUT2D eigenvalue weighted by Crippen LogP contribution is -2.52. The largest absolute Gasteiger partial charge is 0.396 e. The van der Waals surface area contributed by atoms with E-state index in [0.717, 1.165) is 38.8 Å². The van der Waals surface area contributed by atoms with Crippen LogP contribution in [0, 0.1) is 0 Å². The van der Waals surface area contributed by atoms with Gasteiger partial charge in [0.05, 0.1) is 12.1 Å². The third-order valence-electron chi connectivity index (χ3n) is 4.04. The first-order valence-electron chi connectivity index (χ1n) is 7.02. The fourth-order valence-corrected chi connectivity index (χ4v) is 2.88. The van der Waals surface area contributed by atoms with E-state index in [-0.39, 0.29) is 30.8 Å². The number of ether oxygens (including phenoxy) is 1. The monoisotopic (exact) mass is 256 g/mol. The summed E-state index contributed by atoms with van der Waals surface area (Å²) in [4.78, 5) is 14.2. The zero-order chi connectivity index (χ0) is 13.0. The Morgan fingerprint density at radius 1 is 1.44 bits per heavy atom. The fraction of sp³-hybridized carbons (Fsp3) is 0.923. The highest BCUT2D eigenvalue weighted by molar-refractivity contribution is 5.75. The maximum absolute atomic E-state index is 12.3. The summed E-state index contributed by atoms with van der Waals surface area (Å²) in [6, 6.07) is 0.339. The van der Waals surface area contributed by atoms with Crippen molar-refractivity contribution in [3.05, 3.63) is 0 Å². The summed E-state index contributed by atoms with van der Waals surface area (Å²) in [5, 5.41) is 12.1. The van der Waals surface area contributed by atoms with Gasteiger partial charge >= 0.3 is 6.03 Å². The average molecular weight is 256 g/mol. The summed E-state index contributed by atoms with van der Waals surface area (Å²) in [5.41, 5.74) is 0. The molecule has 2 aliphatic rings. The van der Waals surface area contributed by atoms with Gasteiger partial charge in [-0.2, -0.15) is 0 Å². The Labute approximate surface area is 108 Å². The number of nitrogens with one attached hydrogen (secondary N) is 1. The highest BCUT2D eigenvalue weighted by Crippen LogP contribution is 2.20. The van der Waals surface area contributed by atoms with E-state index < -0.39 is 0 Å². The lowest BCUT2D eigenvalue weighted by atomic mass is 10.00. The molecule has 3 atom stereocenters. The molecule has 2 rings (SSSR count). The van der Waals surface area contributed by atoms with Crippen molar-refractivity contribution < 1.29 is 14.6 Å². The normalized spacial score (nSPS) is 32.6. The number of rotatable bonds is 3. The number of hydrogen-bond acceptors (Lipinski definition) is 3. The molecule has 5 nitrogen and oxygen atoms in total. The summed E-state index contributed by atoms with van der Waals surface area (Å²) >= 11 is 0. The molecule has 2 N–H and O–H groups in total. The summed E-state index contributed by atoms with van der Waals surface area (Å²) in [6.45, 7) is 3.68. The fourth-order valence-electron chi connectivity index (χ4n) is 2.88. The van der Waals surface area contributed by atoms with Gasteiger partial charge in [-0.3, -0.25) is 0 Å². The van der Waals surface area contributed by atoms with Crippen molar-refractivity contribution in [1.82, 2.24) is 10.2 Å². The Morgan fingerprint density at radius 3 is 2.94 bits per heavy atom. The molecule has 18 heavy (non-hydrogen) atoms. The molecule has 0 bridgehead atoms. The van der Waals surface area contributed by atoms with E-state index in [4.69, 9.17) is 9.84 Å². The van der Waals surface area contributed by atoms with Crippen LogP contribution < -0.4 is 5.32 Å². The third-order valence-corrected chi connectivity index (χ3v) is 4.04. The van der Waals surface area contributed by atoms with Crippen molar-refractivity contribution in [1.29, 1.82) is 0 Å². The van der Waals surface area contributed by atoms with Gasteiger partial charge in [0.2, 0.25) is 0 Å². The number of likely N-dealkylation sites (tertiary alicyclic amines) is 1. The number of carbonyl (C=O) groups is 1. The molecule has 2 aliphatic heterocycles. The van der Waals surface area contributed by atoms with Crippen molar-refractivity contribution in [3.63, 3.8) is 0 Å². The molecular weight excluding hydrogens is 232 g/mol. The van der Waals surface area contributed by atoms with Crippen molar-refractivity contribution in [3.8, 4) is 0 Å². The average Bonchev–Trinajstić information content (AvgIpc) is 2.76. The number of hydrogen-bond donors (Lipinski definition) is 2. The number of urea groups is 1. The Hall–Kier alpha value is -0.810. The molecule has 2 saturated heterocycles. The maximum Gasteiger partial charge on any atom is 0.317 e. The first kappa shape index (κ1) is 13.6. The molecule has 2 heterocycles. The molecule has 0 aromatic heterocycles. The Balaban J connectivity index is 1.89. The standard InChI is InChI=1S/C13H24N2O3/c1-10-12(6-9-18-10)14-13(17)15-7-3-2-4-11(15)5-8-16/h10-12,16H,2-9H2,1H3,(H,14,17)/t10-,11-,12+/m0/s1. The summed E-state index contributed by atoms with van der Waals surface area (Å²) in [6.07, 6.45) is 4.90. The SMILES string of the molecule is C[C@@H]1OCC[C@H]1NC(=O)N1CCCC[C@H]1CCO. The first-order chi connectivity index (χ1) is 8.72. The van der Waals surface area contributed by atoms with Crippen molar-refractivity contribution in [2.45, 2.75) is 57.2 Å². The molecule has 0 radical (unpaired) electrons. The van der Waals surface area contributed by atoms with Crippen molar-refractivity contribution in [2.24, 2.45) is 0 Å². The van der Waals surface area contributed by atoms with Crippen LogP contribution in [-0.4, -0.2) is 54.0 Å². The lowest BCUT2D eigenvalue weighted by molar-refractivity contribution is 0.104. The second kappa shape index (κ2) is 6.38. The number of aliphatic hydroxyl groups excluding tert-OH is 1. The lowest BCUT2D eigenvalue weighted by Gasteiger charge is -2.36. The van der Waals surface area contributed by atoms with Crippen molar-refractivity contribution >= 4 is 6.03 Å². The zero-order valence-electron chi connectivity index (χ0n) is 11.1. The topological polar surface area (TPSA) is 61.8 Å². The predicted octanol–water partition coefficient (Wildman–Crippen LogP) is 1.11. The zero-order valence-corrected chi connectivity index (χ0v) is 11.1. The second-order valence-electron chi connectivity index (χ2n) is 5.28. The molecule has 0 saturated carbocycles. The number of amides is 2. The van der Waals surface area contributed by atoms with E-state index in [9.17, 15) is 4.79 Å². The van der Waals surface area contributed by atoms with Crippen LogP contribution in [0.3, 0.4) is 0 Å². The molecule has 0 aliphatic carbocycles. The summed E-state index contributed by atoms with van der Waals surface area (Å²) in [5.74, 6) is 0. The minimum absolute atomic E-state index is 0.00972. The van der Waals surface area contributed by atoms with Crippen LogP contribution in [0.4, 0.5) is 4.79 Å². The molecule has 0 unspecified atom stereocenters. The van der Waals surface area contributed by atoms with Gasteiger partial charge in [0.1, 0.15) is 0 Å². The smallest absolute Gasteiger partial charge is 0.317 e. The highest BCUT2D eigenvalue weighted by atomic mass is 16.5. The maximum atomic E-state index is 12.3. The molecular formula is C13H24N2O3. The number of carbonyl (C=O) groups excluding carboxylic acids is 1. The van der Waals surface area contributed by atoms with E-state index >= 15 is 0 Å². The first-order valence-corrected chi connectivity index (χ1v) is 7.02. The second-order valence-corrected chi connectivity index (χ2v) is 5.28. The van der Waals surface area contributed by atoms with Gasteiger partial charge in [0, 0.05) is 25.8 Å². The summed E-state index contributed by atoms with van der Waals surface area (Å²) in [7, 11) is 0. The van der Waals surface area contributed by atoms with Crippen LogP contribution in [0.25, 0.3) is 0 Å². The van der Waals surface area contributed by atoms with E-state index in [2.05, 4.69) is 5.32 Å². The Bertz CT molecular complexity index is 283.